The average molecular weight is 413 g/mol. The zero-order chi connectivity index (χ0) is 21.0. The second-order valence-corrected chi connectivity index (χ2v) is 7.32. The topological polar surface area (TPSA) is 60.0 Å². The lowest BCUT2D eigenvalue weighted by Gasteiger charge is -2.26. The van der Waals surface area contributed by atoms with Gasteiger partial charge in [-0.25, -0.2) is 0 Å². The molecule has 0 aromatic heterocycles. The van der Waals surface area contributed by atoms with Gasteiger partial charge in [-0.1, -0.05) is 36.4 Å². The fourth-order valence-corrected chi connectivity index (χ4v) is 3.40. The Kier molecular flexibility index (Phi) is 9.00. The molecule has 162 valence electrons. The van der Waals surface area contributed by atoms with E-state index >= 15 is 0 Å². The predicted molar refractivity (Wildman–Crippen MR) is 117 cm³/mol. The summed E-state index contributed by atoms with van der Waals surface area (Å²) in [5, 5.41) is 3.01. The molecular formula is C24H32N2O4. The van der Waals surface area contributed by atoms with Crippen molar-refractivity contribution in [1.29, 1.82) is 0 Å². The molecule has 2 aromatic carbocycles. The van der Waals surface area contributed by atoms with Crippen molar-refractivity contribution in [2.75, 3.05) is 39.5 Å². The van der Waals surface area contributed by atoms with E-state index in [2.05, 4.69) is 34.5 Å². The number of nitrogens with one attached hydrogen (secondary N) is 1. The third-order valence-electron chi connectivity index (χ3n) is 4.95. The normalized spacial score (nSPS) is 14.3. The van der Waals surface area contributed by atoms with E-state index in [-0.39, 0.29) is 5.91 Å². The molecular weight excluding hydrogens is 380 g/mol. The Hall–Kier alpha value is -2.57. The van der Waals surface area contributed by atoms with E-state index in [4.69, 9.17) is 14.2 Å². The van der Waals surface area contributed by atoms with E-state index in [9.17, 15) is 4.79 Å². The van der Waals surface area contributed by atoms with Crippen LogP contribution < -0.4 is 14.8 Å². The maximum Gasteiger partial charge on any atom is 0.220 e. The molecule has 1 aliphatic heterocycles. The van der Waals surface area contributed by atoms with Crippen LogP contribution in [-0.4, -0.2) is 50.3 Å². The van der Waals surface area contributed by atoms with Gasteiger partial charge in [-0.2, -0.15) is 0 Å². The minimum absolute atomic E-state index is 0.0373. The van der Waals surface area contributed by atoms with Crippen molar-refractivity contribution < 1.29 is 19.0 Å². The summed E-state index contributed by atoms with van der Waals surface area (Å²) in [6.45, 7) is 8.03. The minimum Gasteiger partial charge on any atom is -0.490 e. The van der Waals surface area contributed by atoms with E-state index in [1.807, 2.05) is 31.2 Å². The zero-order valence-corrected chi connectivity index (χ0v) is 17.8. The number of para-hydroxylation sites is 2. The molecule has 6 nitrogen and oxygen atoms in total. The second kappa shape index (κ2) is 12.2. The molecule has 0 aliphatic carbocycles. The second-order valence-electron chi connectivity index (χ2n) is 7.32. The molecule has 1 fully saturated rings. The van der Waals surface area contributed by atoms with Crippen LogP contribution in [0.25, 0.3) is 0 Å². The van der Waals surface area contributed by atoms with Crippen molar-refractivity contribution in [1.82, 2.24) is 10.2 Å². The van der Waals surface area contributed by atoms with Gasteiger partial charge in [0.25, 0.3) is 0 Å². The summed E-state index contributed by atoms with van der Waals surface area (Å²) in [6.07, 6.45) is 1.09. The lowest BCUT2D eigenvalue weighted by molar-refractivity contribution is -0.121. The monoisotopic (exact) mass is 412 g/mol. The molecule has 1 amide bonds. The molecule has 2 aromatic rings. The fraction of sp³-hybridized carbons (Fsp3) is 0.458. The van der Waals surface area contributed by atoms with E-state index in [0.717, 1.165) is 49.9 Å². The highest BCUT2D eigenvalue weighted by molar-refractivity contribution is 5.75. The van der Waals surface area contributed by atoms with Gasteiger partial charge in [0.2, 0.25) is 5.91 Å². The van der Waals surface area contributed by atoms with Crippen molar-refractivity contribution in [3.8, 4) is 11.5 Å². The summed E-state index contributed by atoms with van der Waals surface area (Å²) in [7, 11) is 0. The number of hydrogen-bond acceptors (Lipinski definition) is 5. The van der Waals surface area contributed by atoms with Gasteiger partial charge in [0.15, 0.2) is 11.5 Å². The van der Waals surface area contributed by atoms with E-state index < -0.39 is 0 Å². The van der Waals surface area contributed by atoms with Crippen LogP contribution in [0.3, 0.4) is 0 Å². The van der Waals surface area contributed by atoms with Gasteiger partial charge in [0.1, 0.15) is 0 Å². The third-order valence-corrected chi connectivity index (χ3v) is 4.95. The summed E-state index contributed by atoms with van der Waals surface area (Å²) < 4.78 is 16.7. The molecule has 0 atom stereocenters. The Morgan fingerprint density at radius 3 is 2.53 bits per heavy atom. The Morgan fingerprint density at radius 2 is 1.77 bits per heavy atom. The Balaban J connectivity index is 1.36. The van der Waals surface area contributed by atoms with Crippen molar-refractivity contribution in [3.05, 3.63) is 59.7 Å². The first kappa shape index (κ1) is 22.1. The van der Waals surface area contributed by atoms with Crippen molar-refractivity contribution >= 4 is 5.91 Å². The standard InChI is InChI=1S/C24H32N2O4/c1-2-29-22-9-3-4-10-23(22)30-14-6-11-24(27)25-18-20-7-5-8-21(17-20)19-26-12-15-28-16-13-26/h3-5,7-10,17H,2,6,11-16,18-19H2,1H3,(H,25,27). The van der Waals surface area contributed by atoms with Crippen LogP contribution in [0.2, 0.25) is 0 Å². The molecule has 0 radical (unpaired) electrons. The number of benzene rings is 2. The van der Waals surface area contributed by atoms with Crippen LogP contribution in [0.15, 0.2) is 48.5 Å². The quantitative estimate of drug-likeness (QED) is 0.574. The van der Waals surface area contributed by atoms with Crippen molar-refractivity contribution in [2.45, 2.75) is 32.9 Å². The van der Waals surface area contributed by atoms with Crippen LogP contribution in [0.4, 0.5) is 0 Å². The lowest BCUT2D eigenvalue weighted by Crippen LogP contribution is -2.35. The van der Waals surface area contributed by atoms with Gasteiger partial charge in [0.05, 0.1) is 26.4 Å². The van der Waals surface area contributed by atoms with Gasteiger partial charge >= 0.3 is 0 Å². The van der Waals surface area contributed by atoms with Crippen LogP contribution in [-0.2, 0) is 22.6 Å². The number of hydrogen-bond donors (Lipinski definition) is 1. The molecule has 0 bridgehead atoms. The Morgan fingerprint density at radius 1 is 1.03 bits per heavy atom. The molecule has 6 heteroatoms. The molecule has 1 heterocycles. The fourth-order valence-electron chi connectivity index (χ4n) is 3.40. The average Bonchev–Trinajstić information content (AvgIpc) is 2.77. The summed E-state index contributed by atoms with van der Waals surface area (Å²) in [5.74, 6) is 1.49. The summed E-state index contributed by atoms with van der Waals surface area (Å²) in [4.78, 5) is 14.6. The van der Waals surface area contributed by atoms with E-state index in [0.29, 0.717) is 32.6 Å². The molecule has 1 saturated heterocycles. The number of carbonyl (C=O) groups is 1. The molecule has 0 saturated carbocycles. The molecule has 1 aliphatic rings. The summed E-state index contributed by atoms with van der Waals surface area (Å²) >= 11 is 0. The molecule has 3 rings (SSSR count). The summed E-state index contributed by atoms with van der Waals surface area (Å²) in [5.41, 5.74) is 2.39. The first-order valence-corrected chi connectivity index (χ1v) is 10.7. The number of rotatable bonds is 11. The highest BCUT2D eigenvalue weighted by Crippen LogP contribution is 2.26. The maximum atomic E-state index is 12.2. The first-order chi connectivity index (χ1) is 14.7. The Labute approximate surface area is 179 Å². The maximum absolute atomic E-state index is 12.2. The minimum atomic E-state index is 0.0373. The number of ether oxygens (including phenoxy) is 3. The predicted octanol–water partition coefficient (Wildman–Crippen LogP) is 3.39. The molecule has 0 unspecified atom stereocenters. The van der Waals surface area contributed by atoms with Crippen LogP contribution in [0.5, 0.6) is 11.5 Å². The SMILES string of the molecule is CCOc1ccccc1OCCCC(=O)NCc1cccc(CN2CCOCC2)c1. The van der Waals surface area contributed by atoms with Gasteiger partial charge < -0.3 is 19.5 Å². The van der Waals surface area contributed by atoms with Gasteiger partial charge in [-0.15, -0.1) is 0 Å². The zero-order valence-electron chi connectivity index (χ0n) is 17.8. The molecule has 30 heavy (non-hydrogen) atoms. The first-order valence-electron chi connectivity index (χ1n) is 10.7. The summed E-state index contributed by atoms with van der Waals surface area (Å²) in [6, 6.07) is 16.0. The number of amides is 1. The number of nitrogens with zero attached hydrogens (tertiary/aromatic N) is 1. The van der Waals surface area contributed by atoms with E-state index in [1.165, 1.54) is 5.56 Å². The molecule has 0 spiro atoms. The smallest absolute Gasteiger partial charge is 0.220 e. The highest BCUT2D eigenvalue weighted by atomic mass is 16.5. The number of morpholine rings is 1. The van der Waals surface area contributed by atoms with Gasteiger partial charge in [-0.3, -0.25) is 9.69 Å². The van der Waals surface area contributed by atoms with E-state index in [1.54, 1.807) is 0 Å². The van der Waals surface area contributed by atoms with Crippen LogP contribution in [0, 0.1) is 0 Å². The van der Waals surface area contributed by atoms with Crippen LogP contribution >= 0.6 is 0 Å². The molecule has 1 N–H and O–H groups in total. The third kappa shape index (κ3) is 7.35. The van der Waals surface area contributed by atoms with Gasteiger partial charge in [0, 0.05) is 32.6 Å². The highest BCUT2D eigenvalue weighted by Gasteiger charge is 2.11. The lowest BCUT2D eigenvalue weighted by atomic mass is 10.1. The van der Waals surface area contributed by atoms with Crippen molar-refractivity contribution in [2.24, 2.45) is 0 Å². The Bertz CT molecular complexity index is 790. The largest absolute Gasteiger partial charge is 0.490 e. The van der Waals surface area contributed by atoms with Gasteiger partial charge in [-0.05, 0) is 36.6 Å². The van der Waals surface area contributed by atoms with Crippen LogP contribution in [0.1, 0.15) is 30.9 Å². The number of carbonyl (C=O) groups excluding carboxylic acids is 1. The van der Waals surface area contributed by atoms with Crippen molar-refractivity contribution in [3.63, 3.8) is 0 Å².